The molecule has 1 heterocycles. The van der Waals surface area contributed by atoms with Crippen LogP contribution in [0.3, 0.4) is 0 Å². The lowest BCUT2D eigenvalue weighted by atomic mass is 10.1. The van der Waals surface area contributed by atoms with Gasteiger partial charge >= 0.3 is 0 Å². The average Bonchev–Trinajstić information content (AvgIpc) is 2.78. The molecule has 0 unspecified atom stereocenters. The smallest absolute Gasteiger partial charge is 0.238 e. The molecule has 1 aromatic carbocycles. The van der Waals surface area contributed by atoms with Crippen LogP contribution in [0, 0.1) is 6.92 Å². The molecule has 22 heavy (non-hydrogen) atoms. The molecule has 1 amide bonds. The van der Waals surface area contributed by atoms with Crippen LogP contribution in [0.2, 0.25) is 0 Å². The molecule has 0 atom stereocenters. The Morgan fingerprint density at radius 1 is 1.32 bits per heavy atom. The molecule has 6 nitrogen and oxygen atoms in total. The number of thiazole rings is 1. The largest absolute Gasteiger partial charge is 0.302 e. The van der Waals surface area contributed by atoms with Crippen LogP contribution in [0.1, 0.15) is 29.5 Å². The number of anilines is 1. The Morgan fingerprint density at radius 3 is 2.50 bits per heavy atom. The Kier molecular flexibility index (Phi) is 4.94. The minimum absolute atomic E-state index is 0.0715. The van der Waals surface area contributed by atoms with Crippen LogP contribution >= 0.6 is 11.3 Å². The number of carbonyl (C=O) groups is 1. The first-order chi connectivity index (χ1) is 10.3. The van der Waals surface area contributed by atoms with Crippen molar-refractivity contribution in [2.75, 3.05) is 5.32 Å². The molecular weight excluding hydrogens is 322 g/mol. The van der Waals surface area contributed by atoms with Gasteiger partial charge in [-0.05, 0) is 24.6 Å². The van der Waals surface area contributed by atoms with Crippen molar-refractivity contribution in [1.82, 2.24) is 4.98 Å². The van der Waals surface area contributed by atoms with Crippen molar-refractivity contribution in [1.29, 1.82) is 0 Å². The summed E-state index contributed by atoms with van der Waals surface area (Å²) in [5, 5.41) is 8.39. The predicted molar refractivity (Wildman–Crippen MR) is 86.4 cm³/mol. The van der Waals surface area contributed by atoms with Crippen molar-refractivity contribution in [2.24, 2.45) is 5.14 Å². The van der Waals surface area contributed by atoms with E-state index in [-0.39, 0.29) is 10.8 Å². The first kappa shape index (κ1) is 16.6. The molecule has 0 radical (unpaired) electrons. The fraction of sp³-hybridized carbons (Fsp3) is 0.286. The van der Waals surface area contributed by atoms with Crippen LogP contribution in [0.15, 0.2) is 29.2 Å². The minimum Gasteiger partial charge on any atom is -0.302 e. The maximum Gasteiger partial charge on any atom is 0.238 e. The number of hydrogen-bond acceptors (Lipinski definition) is 5. The van der Waals surface area contributed by atoms with E-state index >= 15 is 0 Å². The van der Waals surface area contributed by atoms with Crippen molar-refractivity contribution in [2.45, 2.75) is 31.6 Å². The standard InChI is InChI=1S/C14H17N3O3S2/c1-3-13(18)17-14-16-9(2)12(21-14)8-10-4-6-11(7-5-10)22(15,19)20/h4-7H,3,8H2,1-2H3,(H2,15,19,20)(H,16,17,18). The molecule has 2 rings (SSSR count). The first-order valence-corrected chi connectivity index (χ1v) is 9.03. The van der Waals surface area contributed by atoms with Gasteiger partial charge in [0.05, 0.1) is 10.6 Å². The van der Waals surface area contributed by atoms with Gasteiger partial charge in [-0.25, -0.2) is 18.5 Å². The molecule has 2 aromatic rings. The lowest BCUT2D eigenvalue weighted by molar-refractivity contribution is -0.115. The van der Waals surface area contributed by atoms with E-state index in [1.165, 1.54) is 23.5 Å². The Bertz CT molecular complexity index is 780. The van der Waals surface area contributed by atoms with Crippen LogP contribution in [0.25, 0.3) is 0 Å². The van der Waals surface area contributed by atoms with E-state index in [1.807, 2.05) is 6.92 Å². The van der Waals surface area contributed by atoms with Gasteiger partial charge in [0, 0.05) is 17.7 Å². The molecule has 118 valence electrons. The van der Waals surface area contributed by atoms with E-state index in [2.05, 4.69) is 10.3 Å². The van der Waals surface area contributed by atoms with E-state index in [4.69, 9.17) is 5.14 Å². The Balaban J connectivity index is 2.15. The number of amides is 1. The molecule has 0 spiro atoms. The molecule has 0 aliphatic carbocycles. The number of nitrogens with zero attached hydrogens (tertiary/aromatic N) is 1. The molecule has 0 saturated heterocycles. The Morgan fingerprint density at radius 2 is 1.95 bits per heavy atom. The van der Waals surface area contributed by atoms with Gasteiger partial charge in [-0.2, -0.15) is 0 Å². The second-order valence-corrected chi connectivity index (χ2v) is 7.44. The van der Waals surface area contributed by atoms with Crippen LogP contribution in [-0.2, 0) is 21.2 Å². The highest BCUT2D eigenvalue weighted by atomic mass is 32.2. The molecule has 0 aliphatic heterocycles. The van der Waals surface area contributed by atoms with Crippen molar-refractivity contribution in [3.63, 3.8) is 0 Å². The van der Waals surface area contributed by atoms with E-state index in [9.17, 15) is 13.2 Å². The number of primary sulfonamides is 1. The van der Waals surface area contributed by atoms with Crippen LogP contribution < -0.4 is 10.5 Å². The Labute approximate surface area is 133 Å². The molecule has 8 heteroatoms. The normalized spacial score (nSPS) is 11.4. The highest BCUT2D eigenvalue weighted by molar-refractivity contribution is 7.89. The molecular formula is C14H17N3O3S2. The van der Waals surface area contributed by atoms with Crippen molar-refractivity contribution in [3.05, 3.63) is 40.4 Å². The summed E-state index contributed by atoms with van der Waals surface area (Å²) in [6.07, 6.45) is 1.03. The summed E-state index contributed by atoms with van der Waals surface area (Å²) in [4.78, 5) is 16.8. The number of rotatable bonds is 5. The molecule has 1 aromatic heterocycles. The summed E-state index contributed by atoms with van der Waals surface area (Å²) in [7, 11) is -3.67. The maximum absolute atomic E-state index is 11.4. The average molecular weight is 339 g/mol. The van der Waals surface area contributed by atoms with Gasteiger partial charge in [-0.15, -0.1) is 11.3 Å². The molecule has 0 saturated carbocycles. The van der Waals surface area contributed by atoms with Gasteiger partial charge in [0.25, 0.3) is 0 Å². The first-order valence-electron chi connectivity index (χ1n) is 6.67. The number of hydrogen-bond donors (Lipinski definition) is 2. The predicted octanol–water partition coefficient (Wildman–Crippen LogP) is 2.04. The van der Waals surface area contributed by atoms with Crippen LogP contribution in [0.5, 0.6) is 0 Å². The second kappa shape index (κ2) is 6.55. The molecule has 0 fully saturated rings. The van der Waals surface area contributed by atoms with Gasteiger partial charge < -0.3 is 5.32 Å². The summed E-state index contributed by atoms with van der Waals surface area (Å²) < 4.78 is 22.4. The number of benzene rings is 1. The lowest BCUT2D eigenvalue weighted by Gasteiger charge is -2.02. The fourth-order valence-corrected chi connectivity index (χ4v) is 3.36. The summed E-state index contributed by atoms with van der Waals surface area (Å²) in [6, 6.07) is 6.42. The maximum atomic E-state index is 11.4. The van der Waals surface area contributed by atoms with Crippen LogP contribution in [0.4, 0.5) is 5.13 Å². The van der Waals surface area contributed by atoms with E-state index in [0.717, 1.165) is 16.1 Å². The summed E-state index contributed by atoms with van der Waals surface area (Å²) in [5.41, 5.74) is 1.81. The SMILES string of the molecule is CCC(=O)Nc1nc(C)c(Cc2ccc(S(N)(=O)=O)cc2)s1. The summed E-state index contributed by atoms with van der Waals surface area (Å²) in [5.74, 6) is -0.0715. The third-order valence-electron chi connectivity index (χ3n) is 3.08. The van der Waals surface area contributed by atoms with Gasteiger partial charge in [0.2, 0.25) is 15.9 Å². The molecule has 0 bridgehead atoms. The van der Waals surface area contributed by atoms with Gasteiger partial charge in [0.1, 0.15) is 0 Å². The van der Waals surface area contributed by atoms with Gasteiger partial charge in [-0.1, -0.05) is 19.1 Å². The van der Waals surface area contributed by atoms with Crippen LogP contribution in [-0.4, -0.2) is 19.3 Å². The quantitative estimate of drug-likeness (QED) is 0.870. The van der Waals surface area contributed by atoms with E-state index in [1.54, 1.807) is 19.1 Å². The monoisotopic (exact) mass is 339 g/mol. The van der Waals surface area contributed by atoms with Crippen molar-refractivity contribution >= 4 is 32.4 Å². The number of aromatic nitrogens is 1. The molecule has 0 aliphatic rings. The van der Waals surface area contributed by atoms with Crippen molar-refractivity contribution < 1.29 is 13.2 Å². The van der Waals surface area contributed by atoms with Gasteiger partial charge in [-0.3, -0.25) is 4.79 Å². The van der Waals surface area contributed by atoms with E-state index < -0.39 is 10.0 Å². The van der Waals surface area contributed by atoms with Gasteiger partial charge in [0.15, 0.2) is 5.13 Å². The Hall–Kier alpha value is -1.77. The molecule has 3 N–H and O–H groups in total. The topological polar surface area (TPSA) is 102 Å². The number of nitrogens with two attached hydrogens (primary N) is 1. The fourth-order valence-electron chi connectivity index (χ4n) is 1.84. The van der Waals surface area contributed by atoms with E-state index in [0.29, 0.717) is 18.0 Å². The summed E-state index contributed by atoms with van der Waals surface area (Å²) in [6.45, 7) is 3.66. The number of sulfonamides is 1. The number of carbonyl (C=O) groups excluding carboxylic acids is 1. The third kappa shape index (κ3) is 4.12. The number of nitrogens with one attached hydrogen (secondary N) is 1. The second-order valence-electron chi connectivity index (χ2n) is 4.80. The number of aryl methyl sites for hydroxylation is 1. The summed E-state index contributed by atoms with van der Waals surface area (Å²) >= 11 is 1.42. The zero-order chi connectivity index (χ0) is 16.3. The third-order valence-corrected chi connectivity index (χ3v) is 5.08. The lowest BCUT2D eigenvalue weighted by Crippen LogP contribution is -2.11. The highest BCUT2D eigenvalue weighted by Gasteiger charge is 2.11. The minimum atomic E-state index is -3.67. The van der Waals surface area contributed by atoms with Crippen molar-refractivity contribution in [3.8, 4) is 0 Å². The highest BCUT2D eigenvalue weighted by Crippen LogP contribution is 2.25. The zero-order valence-corrected chi connectivity index (χ0v) is 13.9. The zero-order valence-electron chi connectivity index (χ0n) is 12.3.